The summed E-state index contributed by atoms with van der Waals surface area (Å²) >= 11 is 0. The molecule has 17 heavy (non-hydrogen) atoms. The molecule has 3 unspecified atom stereocenters. The predicted octanol–water partition coefficient (Wildman–Crippen LogP) is 1.88. The van der Waals surface area contributed by atoms with Crippen LogP contribution in [0.15, 0.2) is 11.8 Å². The first-order valence-electron chi connectivity index (χ1n) is 7.04. The second kappa shape index (κ2) is 4.62. The van der Waals surface area contributed by atoms with Gasteiger partial charge in [-0.1, -0.05) is 0 Å². The van der Waals surface area contributed by atoms with Crippen LogP contribution < -0.4 is 5.73 Å². The van der Waals surface area contributed by atoms with Gasteiger partial charge in [-0.2, -0.15) is 0 Å². The van der Waals surface area contributed by atoms with Gasteiger partial charge in [0.1, 0.15) is 0 Å². The molecule has 2 saturated heterocycles. The first-order valence-corrected chi connectivity index (χ1v) is 7.04. The zero-order valence-electron chi connectivity index (χ0n) is 10.8. The van der Waals surface area contributed by atoms with Crippen molar-refractivity contribution in [2.24, 2.45) is 11.7 Å². The Morgan fingerprint density at radius 2 is 2.06 bits per heavy atom. The molecule has 0 radical (unpaired) electrons. The van der Waals surface area contributed by atoms with Gasteiger partial charge in [0, 0.05) is 18.1 Å². The molecule has 3 heteroatoms. The molecule has 3 heterocycles. The number of hydrogen-bond acceptors (Lipinski definition) is 3. The molecular weight excluding hydrogens is 212 g/mol. The van der Waals surface area contributed by atoms with Crippen LogP contribution in [0, 0.1) is 5.92 Å². The van der Waals surface area contributed by atoms with E-state index < -0.39 is 0 Å². The zero-order valence-corrected chi connectivity index (χ0v) is 10.8. The van der Waals surface area contributed by atoms with Crippen molar-refractivity contribution in [2.45, 2.75) is 56.7 Å². The standard InChI is InChI=1S/C14H24N2O/c1-16-12-4-5-13(16)8-11(7-12)14(15)10-3-2-6-17-9-10/h9,11-14H,2-8,15H2,1H3. The Balaban J connectivity index is 1.67. The number of nitrogens with two attached hydrogens (primary N) is 1. The minimum Gasteiger partial charge on any atom is -0.501 e. The van der Waals surface area contributed by atoms with Gasteiger partial charge < -0.3 is 15.4 Å². The van der Waals surface area contributed by atoms with Gasteiger partial charge >= 0.3 is 0 Å². The molecule has 3 aliphatic heterocycles. The van der Waals surface area contributed by atoms with Crippen LogP contribution in [0.4, 0.5) is 0 Å². The molecule has 0 amide bonds. The number of nitrogens with zero attached hydrogens (tertiary/aromatic N) is 1. The van der Waals surface area contributed by atoms with Gasteiger partial charge in [0.2, 0.25) is 0 Å². The third kappa shape index (κ3) is 2.11. The van der Waals surface area contributed by atoms with Crippen molar-refractivity contribution >= 4 is 0 Å². The van der Waals surface area contributed by atoms with Crippen LogP contribution in [0.1, 0.15) is 38.5 Å². The van der Waals surface area contributed by atoms with Gasteiger partial charge in [0.05, 0.1) is 12.9 Å². The maximum absolute atomic E-state index is 6.45. The first-order chi connectivity index (χ1) is 8.25. The molecule has 2 bridgehead atoms. The van der Waals surface area contributed by atoms with Crippen LogP contribution in [0.3, 0.4) is 0 Å². The summed E-state index contributed by atoms with van der Waals surface area (Å²) in [6, 6.07) is 1.82. The van der Waals surface area contributed by atoms with Gasteiger partial charge in [0.25, 0.3) is 0 Å². The monoisotopic (exact) mass is 236 g/mol. The average molecular weight is 236 g/mol. The molecular formula is C14H24N2O. The second-order valence-corrected chi connectivity index (χ2v) is 5.97. The first kappa shape index (κ1) is 11.5. The van der Waals surface area contributed by atoms with Crippen molar-refractivity contribution < 1.29 is 4.74 Å². The lowest BCUT2D eigenvalue weighted by Gasteiger charge is -2.39. The molecule has 2 fully saturated rings. The Morgan fingerprint density at radius 1 is 1.35 bits per heavy atom. The molecule has 2 N–H and O–H groups in total. The summed E-state index contributed by atoms with van der Waals surface area (Å²) in [5.74, 6) is 0.677. The quantitative estimate of drug-likeness (QED) is 0.795. The molecule has 3 atom stereocenters. The molecule has 3 nitrogen and oxygen atoms in total. The largest absolute Gasteiger partial charge is 0.501 e. The Hall–Kier alpha value is -0.540. The van der Waals surface area contributed by atoms with Crippen molar-refractivity contribution in [1.82, 2.24) is 4.90 Å². The molecule has 0 aromatic carbocycles. The smallest absolute Gasteiger partial charge is 0.0876 e. The average Bonchev–Trinajstić information content (AvgIpc) is 2.61. The normalized spacial score (nSPS) is 39.6. The summed E-state index contributed by atoms with van der Waals surface area (Å²) < 4.78 is 5.43. The minimum absolute atomic E-state index is 0.243. The minimum atomic E-state index is 0.243. The number of ether oxygens (including phenoxy) is 1. The van der Waals surface area contributed by atoms with Crippen LogP contribution in [0.5, 0.6) is 0 Å². The number of rotatable bonds is 2. The fourth-order valence-electron chi connectivity index (χ4n) is 3.88. The fraction of sp³-hybridized carbons (Fsp3) is 0.857. The third-order valence-corrected chi connectivity index (χ3v) is 5.03. The molecule has 3 aliphatic rings. The van der Waals surface area contributed by atoms with Crippen molar-refractivity contribution in [2.75, 3.05) is 13.7 Å². The summed E-state index contributed by atoms with van der Waals surface area (Å²) in [6.07, 6.45) is 9.53. The highest BCUT2D eigenvalue weighted by molar-refractivity contribution is 5.13. The van der Waals surface area contributed by atoms with Crippen molar-refractivity contribution in [1.29, 1.82) is 0 Å². The van der Waals surface area contributed by atoms with E-state index in [9.17, 15) is 0 Å². The summed E-state index contributed by atoms with van der Waals surface area (Å²) in [5.41, 5.74) is 7.81. The van der Waals surface area contributed by atoms with Crippen molar-refractivity contribution in [3.63, 3.8) is 0 Å². The van der Waals surface area contributed by atoms with E-state index in [1.54, 1.807) is 0 Å². The van der Waals surface area contributed by atoms with Crippen molar-refractivity contribution in [3.05, 3.63) is 11.8 Å². The number of hydrogen-bond donors (Lipinski definition) is 1. The van der Waals surface area contributed by atoms with E-state index in [4.69, 9.17) is 10.5 Å². The van der Waals surface area contributed by atoms with Gasteiger partial charge in [-0.05, 0) is 57.1 Å². The summed E-state index contributed by atoms with van der Waals surface area (Å²) in [6.45, 7) is 0.870. The Morgan fingerprint density at radius 3 is 2.65 bits per heavy atom. The maximum Gasteiger partial charge on any atom is 0.0876 e. The Bertz CT molecular complexity index is 301. The van der Waals surface area contributed by atoms with E-state index >= 15 is 0 Å². The number of fused-ring (bicyclic) bond motifs is 2. The molecule has 0 spiro atoms. The van der Waals surface area contributed by atoms with Crippen molar-refractivity contribution in [3.8, 4) is 0 Å². The topological polar surface area (TPSA) is 38.5 Å². The number of piperidine rings is 1. The predicted molar refractivity (Wildman–Crippen MR) is 68.5 cm³/mol. The summed E-state index contributed by atoms with van der Waals surface area (Å²) in [4.78, 5) is 2.58. The highest BCUT2D eigenvalue weighted by Crippen LogP contribution is 2.40. The van der Waals surface area contributed by atoms with E-state index in [-0.39, 0.29) is 6.04 Å². The van der Waals surface area contributed by atoms with E-state index in [2.05, 4.69) is 11.9 Å². The van der Waals surface area contributed by atoms with E-state index in [1.165, 1.54) is 31.3 Å². The van der Waals surface area contributed by atoms with E-state index in [0.29, 0.717) is 5.92 Å². The lowest BCUT2D eigenvalue weighted by Crippen LogP contribution is -2.46. The van der Waals surface area contributed by atoms with Crippen LogP contribution >= 0.6 is 0 Å². The summed E-state index contributed by atoms with van der Waals surface area (Å²) in [7, 11) is 2.28. The Labute approximate surface area is 104 Å². The highest BCUT2D eigenvalue weighted by Gasteiger charge is 2.40. The van der Waals surface area contributed by atoms with Gasteiger partial charge in [-0.15, -0.1) is 0 Å². The lowest BCUT2D eigenvalue weighted by atomic mass is 9.81. The highest BCUT2D eigenvalue weighted by atomic mass is 16.5. The SMILES string of the molecule is CN1C2CCC1CC(C(N)C1=COCCC1)C2. The molecule has 3 rings (SSSR count). The van der Waals surface area contributed by atoms with E-state index in [0.717, 1.165) is 31.5 Å². The fourth-order valence-corrected chi connectivity index (χ4v) is 3.88. The van der Waals surface area contributed by atoms with Crippen LogP contribution in [-0.4, -0.2) is 36.7 Å². The second-order valence-electron chi connectivity index (χ2n) is 5.97. The molecule has 96 valence electrons. The lowest BCUT2D eigenvalue weighted by molar-refractivity contribution is 0.122. The zero-order chi connectivity index (χ0) is 11.8. The van der Waals surface area contributed by atoms with Crippen LogP contribution in [-0.2, 0) is 4.74 Å². The summed E-state index contributed by atoms with van der Waals surface area (Å²) in [5, 5.41) is 0. The molecule has 0 aliphatic carbocycles. The molecule has 0 aromatic heterocycles. The van der Waals surface area contributed by atoms with E-state index in [1.807, 2.05) is 6.26 Å². The van der Waals surface area contributed by atoms with Gasteiger partial charge in [0.15, 0.2) is 0 Å². The maximum atomic E-state index is 6.45. The third-order valence-electron chi connectivity index (χ3n) is 5.03. The van der Waals surface area contributed by atoms with Gasteiger partial charge in [-0.3, -0.25) is 0 Å². The Kier molecular flexibility index (Phi) is 3.14. The molecule has 0 saturated carbocycles. The van der Waals surface area contributed by atoms with Gasteiger partial charge in [-0.25, -0.2) is 0 Å². The molecule has 0 aromatic rings. The van der Waals surface area contributed by atoms with Crippen LogP contribution in [0.2, 0.25) is 0 Å². The van der Waals surface area contributed by atoms with Crippen LogP contribution in [0.25, 0.3) is 0 Å².